The average molecular weight is 234 g/mol. The molecular weight excluding hydrogens is 212 g/mol. The Bertz CT molecular complexity index is 396. The van der Waals surface area contributed by atoms with Gasteiger partial charge in [0.05, 0.1) is 13.2 Å². The van der Waals surface area contributed by atoms with Crippen LogP contribution in [0.25, 0.3) is 0 Å². The third-order valence-corrected chi connectivity index (χ3v) is 5.19. The van der Waals surface area contributed by atoms with E-state index in [9.17, 15) is 0 Å². The number of hydrogen-bond donors (Lipinski definition) is 0. The van der Waals surface area contributed by atoms with E-state index >= 15 is 0 Å². The van der Waals surface area contributed by atoms with Crippen LogP contribution in [0.2, 0.25) is 0 Å². The molecule has 1 heterocycles. The molecule has 94 valence electrons. The molecule has 3 fully saturated rings. The standard InChI is InChI=1S/C15H22O2/c1-10-11(2)14(13(3,4)5)6-7-15(12(10)14)16-8-9-17-15/h12H,1-2,6-9H2,3-5H3. The lowest BCUT2D eigenvalue weighted by atomic mass is 9.45. The minimum atomic E-state index is -0.383. The third kappa shape index (κ3) is 1.09. The van der Waals surface area contributed by atoms with Crippen molar-refractivity contribution < 1.29 is 9.47 Å². The van der Waals surface area contributed by atoms with Crippen molar-refractivity contribution in [3.05, 3.63) is 24.3 Å². The van der Waals surface area contributed by atoms with Crippen LogP contribution in [0.15, 0.2) is 24.3 Å². The highest BCUT2D eigenvalue weighted by molar-refractivity contribution is 5.53. The highest BCUT2D eigenvalue weighted by Gasteiger charge is 2.71. The van der Waals surface area contributed by atoms with Gasteiger partial charge in [0.25, 0.3) is 0 Å². The maximum absolute atomic E-state index is 5.95. The molecule has 1 saturated heterocycles. The second kappa shape index (κ2) is 3.04. The number of hydrogen-bond acceptors (Lipinski definition) is 2. The Labute approximate surface area is 104 Å². The van der Waals surface area contributed by atoms with Crippen molar-refractivity contribution in [2.45, 2.75) is 39.4 Å². The number of rotatable bonds is 0. The SMILES string of the molecule is C=C1C(=C)C2(C(C)(C)C)CCC3(OCCO3)C12. The minimum absolute atomic E-state index is 0.133. The van der Waals surface area contributed by atoms with E-state index in [4.69, 9.17) is 9.47 Å². The van der Waals surface area contributed by atoms with Crippen LogP contribution >= 0.6 is 0 Å². The monoisotopic (exact) mass is 234 g/mol. The summed E-state index contributed by atoms with van der Waals surface area (Å²) < 4.78 is 11.9. The Balaban J connectivity index is 2.06. The van der Waals surface area contributed by atoms with E-state index in [1.807, 2.05) is 0 Å². The molecule has 0 radical (unpaired) electrons. The Hall–Kier alpha value is -0.600. The first-order valence-corrected chi connectivity index (χ1v) is 6.52. The van der Waals surface area contributed by atoms with Gasteiger partial charge in [0.15, 0.2) is 5.79 Å². The van der Waals surface area contributed by atoms with E-state index in [0.29, 0.717) is 5.92 Å². The van der Waals surface area contributed by atoms with Gasteiger partial charge in [-0.25, -0.2) is 0 Å². The van der Waals surface area contributed by atoms with Crippen molar-refractivity contribution >= 4 is 0 Å². The Morgan fingerprint density at radius 3 is 2.24 bits per heavy atom. The van der Waals surface area contributed by atoms with E-state index in [1.54, 1.807) is 0 Å². The highest BCUT2D eigenvalue weighted by atomic mass is 16.7. The molecule has 2 nitrogen and oxygen atoms in total. The zero-order valence-corrected chi connectivity index (χ0v) is 11.1. The largest absolute Gasteiger partial charge is 0.347 e. The summed E-state index contributed by atoms with van der Waals surface area (Å²) in [6.45, 7) is 16.8. The van der Waals surface area contributed by atoms with Crippen LogP contribution in [0.1, 0.15) is 33.6 Å². The summed E-state index contributed by atoms with van der Waals surface area (Å²) in [5.41, 5.74) is 2.70. The first-order chi connectivity index (χ1) is 7.85. The lowest BCUT2D eigenvalue weighted by molar-refractivity contribution is -0.197. The molecule has 0 N–H and O–H groups in total. The first kappa shape index (κ1) is 11.5. The number of ether oxygens (including phenoxy) is 2. The van der Waals surface area contributed by atoms with Crippen LogP contribution in [-0.4, -0.2) is 19.0 Å². The summed E-state index contributed by atoms with van der Waals surface area (Å²) in [6.07, 6.45) is 2.09. The lowest BCUT2D eigenvalue weighted by Crippen LogP contribution is -2.56. The second-order valence-electron chi connectivity index (χ2n) is 6.67. The molecule has 0 amide bonds. The van der Waals surface area contributed by atoms with Gasteiger partial charge in [0.2, 0.25) is 0 Å². The summed E-state index contributed by atoms with van der Waals surface area (Å²) in [7, 11) is 0. The lowest BCUT2D eigenvalue weighted by Gasteiger charge is -2.59. The molecule has 0 aromatic carbocycles. The summed E-state index contributed by atoms with van der Waals surface area (Å²) >= 11 is 0. The van der Waals surface area contributed by atoms with E-state index in [-0.39, 0.29) is 16.6 Å². The summed E-state index contributed by atoms with van der Waals surface area (Å²) in [6, 6.07) is 0. The average Bonchev–Trinajstić information content (AvgIpc) is 2.81. The normalized spacial score (nSPS) is 39.6. The third-order valence-electron chi connectivity index (χ3n) is 5.19. The van der Waals surface area contributed by atoms with Crippen molar-refractivity contribution in [2.75, 3.05) is 13.2 Å². The molecule has 2 unspecified atom stereocenters. The van der Waals surface area contributed by atoms with Crippen LogP contribution in [0.3, 0.4) is 0 Å². The topological polar surface area (TPSA) is 18.5 Å². The van der Waals surface area contributed by atoms with Crippen molar-refractivity contribution in [1.29, 1.82) is 0 Å². The molecule has 2 heteroatoms. The summed E-state index contributed by atoms with van der Waals surface area (Å²) in [4.78, 5) is 0. The Morgan fingerprint density at radius 1 is 1.12 bits per heavy atom. The molecule has 0 aromatic heterocycles. The van der Waals surface area contributed by atoms with Gasteiger partial charge in [-0.1, -0.05) is 33.9 Å². The van der Waals surface area contributed by atoms with Crippen molar-refractivity contribution in [2.24, 2.45) is 16.7 Å². The van der Waals surface area contributed by atoms with Gasteiger partial charge in [-0.3, -0.25) is 0 Å². The van der Waals surface area contributed by atoms with Gasteiger partial charge in [0, 0.05) is 17.8 Å². The molecule has 3 aliphatic rings. The van der Waals surface area contributed by atoms with Gasteiger partial charge in [-0.2, -0.15) is 0 Å². The molecule has 2 aliphatic carbocycles. The molecule has 2 saturated carbocycles. The molecule has 0 aromatic rings. The molecule has 1 aliphatic heterocycles. The Morgan fingerprint density at radius 2 is 1.71 bits per heavy atom. The number of fused-ring (bicyclic) bond motifs is 2. The van der Waals surface area contributed by atoms with Crippen LogP contribution in [0.5, 0.6) is 0 Å². The molecule has 0 bridgehead atoms. The van der Waals surface area contributed by atoms with E-state index in [1.165, 1.54) is 5.57 Å². The maximum atomic E-state index is 5.95. The van der Waals surface area contributed by atoms with Gasteiger partial charge in [-0.15, -0.1) is 0 Å². The predicted molar refractivity (Wildman–Crippen MR) is 67.5 cm³/mol. The fourth-order valence-electron chi connectivity index (χ4n) is 4.35. The second-order valence-corrected chi connectivity index (χ2v) is 6.67. The van der Waals surface area contributed by atoms with Crippen LogP contribution in [0.4, 0.5) is 0 Å². The smallest absolute Gasteiger partial charge is 0.176 e. The quantitative estimate of drug-likeness (QED) is 0.640. The first-order valence-electron chi connectivity index (χ1n) is 6.52. The Kier molecular flexibility index (Phi) is 2.06. The molecular formula is C15H22O2. The van der Waals surface area contributed by atoms with Crippen molar-refractivity contribution in [3.8, 4) is 0 Å². The van der Waals surface area contributed by atoms with Crippen LogP contribution < -0.4 is 0 Å². The maximum Gasteiger partial charge on any atom is 0.176 e. The van der Waals surface area contributed by atoms with Crippen molar-refractivity contribution in [1.82, 2.24) is 0 Å². The van der Waals surface area contributed by atoms with Gasteiger partial charge >= 0.3 is 0 Å². The number of allylic oxidation sites excluding steroid dienone is 1. The van der Waals surface area contributed by atoms with Crippen LogP contribution in [0, 0.1) is 16.7 Å². The summed E-state index contributed by atoms with van der Waals surface area (Å²) in [5, 5.41) is 0. The van der Waals surface area contributed by atoms with Crippen molar-refractivity contribution in [3.63, 3.8) is 0 Å². The van der Waals surface area contributed by atoms with E-state index in [0.717, 1.165) is 31.6 Å². The highest BCUT2D eigenvalue weighted by Crippen LogP contribution is 2.74. The molecule has 17 heavy (non-hydrogen) atoms. The van der Waals surface area contributed by atoms with Gasteiger partial charge in [0.1, 0.15) is 0 Å². The fourth-order valence-corrected chi connectivity index (χ4v) is 4.35. The van der Waals surface area contributed by atoms with Crippen LogP contribution in [-0.2, 0) is 9.47 Å². The fraction of sp³-hybridized carbons (Fsp3) is 0.733. The molecule has 2 atom stereocenters. The summed E-state index contributed by atoms with van der Waals surface area (Å²) in [5.74, 6) is -0.0732. The molecule has 3 rings (SSSR count). The zero-order valence-electron chi connectivity index (χ0n) is 11.1. The zero-order chi connectivity index (χ0) is 12.5. The van der Waals surface area contributed by atoms with Gasteiger partial charge in [-0.05, 0) is 23.0 Å². The predicted octanol–water partition coefficient (Wildman–Crippen LogP) is 3.30. The minimum Gasteiger partial charge on any atom is -0.347 e. The van der Waals surface area contributed by atoms with Gasteiger partial charge < -0.3 is 9.47 Å². The molecule has 1 spiro atoms. The van der Waals surface area contributed by atoms with E-state index in [2.05, 4.69) is 33.9 Å². The van der Waals surface area contributed by atoms with E-state index < -0.39 is 0 Å².